The van der Waals surface area contributed by atoms with E-state index >= 15 is 0 Å². The number of carbonyl (C=O) groups is 1. The summed E-state index contributed by atoms with van der Waals surface area (Å²) in [7, 11) is 0.648. The van der Waals surface area contributed by atoms with E-state index in [1.165, 1.54) is 0 Å². The van der Waals surface area contributed by atoms with Crippen molar-refractivity contribution in [2.75, 3.05) is 33.8 Å². The van der Waals surface area contributed by atoms with Gasteiger partial charge >= 0.3 is 0 Å². The van der Waals surface area contributed by atoms with Crippen LogP contribution in [0.3, 0.4) is 0 Å². The maximum absolute atomic E-state index is 9.03. The highest BCUT2D eigenvalue weighted by Crippen LogP contribution is 2.40. The van der Waals surface area contributed by atoms with E-state index in [0.717, 1.165) is 7.11 Å². The van der Waals surface area contributed by atoms with E-state index in [0.29, 0.717) is 0 Å². The highest BCUT2D eigenvalue weighted by molar-refractivity contribution is 7.72. The van der Waals surface area contributed by atoms with Gasteiger partial charge in [-0.3, -0.25) is 0 Å². The van der Waals surface area contributed by atoms with Crippen molar-refractivity contribution in [1.82, 2.24) is 0 Å². The second-order valence-electron chi connectivity index (χ2n) is 3.14. The Kier molecular flexibility index (Phi) is 6.79. The van der Waals surface area contributed by atoms with Crippen molar-refractivity contribution in [3.63, 3.8) is 0 Å². The Bertz CT molecular complexity index is 89.7. The van der Waals surface area contributed by atoms with Crippen LogP contribution < -0.4 is 5.11 Å². The monoisotopic (exact) mass is 166 g/mol. The second-order valence-corrected chi connectivity index (χ2v) is 8.50. The number of carbonyl (C=O) groups excluding carboxylic acids is 1. The number of ether oxygens (including phenoxy) is 1. The third-order valence-electron chi connectivity index (χ3n) is 0.167. The van der Waals surface area contributed by atoms with Crippen molar-refractivity contribution in [2.45, 2.75) is 0 Å². The van der Waals surface area contributed by atoms with Crippen molar-refractivity contribution in [3.05, 3.63) is 0 Å². The number of hydrogen-bond donors (Lipinski definition) is 0. The first-order valence-corrected chi connectivity index (χ1v) is 6.39. The molecule has 0 rings (SSSR count). The van der Waals surface area contributed by atoms with E-state index in [-0.39, 0.29) is 7.26 Å². The summed E-state index contributed by atoms with van der Waals surface area (Å²) >= 11 is 0. The van der Waals surface area contributed by atoms with Gasteiger partial charge in [0.05, 0.1) is 0 Å². The Morgan fingerprint density at radius 1 is 1.30 bits per heavy atom. The first-order valence-electron chi connectivity index (χ1n) is 2.81. The van der Waals surface area contributed by atoms with E-state index in [1.54, 1.807) is 0 Å². The van der Waals surface area contributed by atoms with Crippen LogP contribution in [0.25, 0.3) is 0 Å². The van der Waals surface area contributed by atoms with Gasteiger partial charge in [0.2, 0.25) is 0 Å². The average molecular weight is 166 g/mol. The lowest BCUT2D eigenvalue weighted by atomic mass is 11.4. The molecular formula is C6H15O3P. The zero-order valence-corrected chi connectivity index (χ0v) is 8.07. The third kappa shape index (κ3) is 120. The first-order chi connectivity index (χ1) is 4.27. The van der Waals surface area contributed by atoms with Crippen molar-refractivity contribution in [3.8, 4) is 0 Å². The SMILES string of the molecule is COC(=O)[O-].C[P+](C)(C)C. The molecule has 0 radical (unpaired) electrons. The zero-order valence-electron chi connectivity index (χ0n) is 7.17. The normalized spacial score (nSPS) is 9.30. The molecule has 0 aliphatic rings. The van der Waals surface area contributed by atoms with Gasteiger partial charge in [0.25, 0.3) is 6.16 Å². The Balaban J connectivity index is 0. The van der Waals surface area contributed by atoms with E-state index in [4.69, 9.17) is 9.90 Å². The molecule has 0 bridgehead atoms. The van der Waals surface area contributed by atoms with Gasteiger partial charge in [-0.05, 0) is 0 Å². The average Bonchev–Trinajstić information content (AvgIpc) is 1.61. The standard InChI is InChI=1S/C4H12P.C2H4O3/c1-5(2,3)4;1-5-2(3)4/h1-4H3;1H3,(H,3,4)/q+1;/p-1. The van der Waals surface area contributed by atoms with E-state index < -0.39 is 6.16 Å². The third-order valence-corrected chi connectivity index (χ3v) is 0.167. The molecule has 0 aromatic rings. The molecule has 0 amide bonds. The summed E-state index contributed by atoms with van der Waals surface area (Å²) in [6, 6.07) is 0. The molecule has 62 valence electrons. The summed E-state index contributed by atoms with van der Waals surface area (Å²) in [6.07, 6.45) is -1.50. The molecule has 0 fully saturated rings. The molecular weight excluding hydrogens is 151 g/mol. The van der Waals surface area contributed by atoms with Crippen molar-refractivity contribution in [2.24, 2.45) is 0 Å². The highest BCUT2D eigenvalue weighted by Gasteiger charge is 2.03. The highest BCUT2D eigenvalue weighted by atomic mass is 31.2. The van der Waals surface area contributed by atoms with Crippen LogP contribution in [-0.2, 0) is 4.74 Å². The summed E-state index contributed by atoms with van der Waals surface area (Å²) in [5.41, 5.74) is 0. The quantitative estimate of drug-likeness (QED) is 0.389. The molecule has 3 nitrogen and oxygen atoms in total. The van der Waals surface area contributed by atoms with Gasteiger partial charge in [-0.1, -0.05) is 0 Å². The fraction of sp³-hybridized carbons (Fsp3) is 0.833. The molecule has 0 aromatic carbocycles. The van der Waals surface area contributed by atoms with Crippen molar-refractivity contribution < 1.29 is 14.6 Å². The molecule has 0 aliphatic carbocycles. The summed E-state index contributed by atoms with van der Waals surface area (Å²) in [5, 5.41) is 9.03. The van der Waals surface area contributed by atoms with Crippen LogP contribution in [-0.4, -0.2) is 39.9 Å². The van der Waals surface area contributed by atoms with Gasteiger partial charge in [0.15, 0.2) is 0 Å². The molecule has 0 unspecified atom stereocenters. The van der Waals surface area contributed by atoms with Crippen LogP contribution in [0.2, 0.25) is 0 Å². The molecule has 0 saturated heterocycles. The molecule has 4 heteroatoms. The fourth-order valence-corrected chi connectivity index (χ4v) is 0. The lowest BCUT2D eigenvalue weighted by Gasteiger charge is -1.97. The number of rotatable bonds is 0. The van der Waals surface area contributed by atoms with Crippen LogP contribution in [0.15, 0.2) is 0 Å². The number of hydrogen-bond acceptors (Lipinski definition) is 3. The first kappa shape index (κ1) is 12.4. The number of methoxy groups -OCH3 is 1. The Morgan fingerprint density at radius 3 is 1.40 bits per heavy atom. The van der Waals surface area contributed by atoms with Crippen LogP contribution in [0.1, 0.15) is 0 Å². The van der Waals surface area contributed by atoms with Gasteiger partial charge in [0, 0.05) is 41.0 Å². The molecule has 0 saturated carbocycles. The largest absolute Gasteiger partial charge is 0.553 e. The molecule has 0 N–H and O–H groups in total. The zero-order chi connectivity index (χ0) is 8.78. The minimum Gasteiger partial charge on any atom is -0.553 e. The Labute approximate surface area is 62.7 Å². The summed E-state index contributed by atoms with van der Waals surface area (Å²) in [4.78, 5) is 9.03. The molecule has 0 aliphatic heterocycles. The van der Waals surface area contributed by atoms with Gasteiger partial charge in [-0.15, -0.1) is 0 Å². The fourth-order valence-electron chi connectivity index (χ4n) is 0. The second kappa shape index (κ2) is 5.48. The maximum Gasteiger partial charge on any atom is 0.251 e. The van der Waals surface area contributed by atoms with E-state index in [9.17, 15) is 0 Å². The van der Waals surface area contributed by atoms with Crippen LogP contribution in [0.4, 0.5) is 4.79 Å². The molecule has 10 heavy (non-hydrogen) atoms. The van der Waals surface area contributed by atoms with Gasteiger partial charge < -0.3 is 14.6 Å². The molecule has 0 aromatic heterocycles. The summed E-state index contributed by atoms with van der Waals surface area (Å²) < 4.78 is 3.56. The van der Waals surface area contributed by atoms with Crippen LogP contribution >= 0.6 is 7.26 Å². The van der Waals surface area contributed by atoms with Crippen LogP contribution in [0.5, 0.6) is 0 Å². The lowest BCUT2D eigenvalue weighted by Crippen LogP contribution is -2.21. The number of carboxylic acid groups (broad SMARTS) is 1. The van der Waals surface area contributed by atoms with Gasteiger partial charge in [0.1, 0.15) is 0 Å². The van der Waals surface area contributed by atoms with Crippen molar-refractivity contribution >= 4 is 13.4 Å². The molecule has 0 heterocycles. The molecule has 0 atom stereocenters. The van der Waals surface area contributed by atoms with E-state index in [2.05, 4.69) is 31.4 Å². The predicted molar refractivity (Wildman–Crippen MR) is 43.0 cm³/mol. The molecule has 0 spiro atoms. The summed E-state index contributed by atoms with van der Waals surface area (Å²) in [6.45, 7) is 9.19. The predicted octanol–water partition coefficient (Wildman–Crippen LogP) is 0.499. The summed E-state index contributed by atoms with van der Waals surface area (Å²) in [5.74, 6) is 0. The van der Waals surface area contributed by atoms with Crippen LogP contribution in [0, 0.1) is 0 Å². The Morgan fingerprint density at radius 2 is 1.40 bits per heavy atom. The topological polar surface area (TPSA) is 49.4 Å². The smallest absolute Gasteiger partial charge is 0.251 e. The lowest BCUT2D eigenvalue weighted by molar-refractivity contribution is -0.279. The minimum absolute atomic E-state index is 0.389. The minimum atomic E-state index is -1.50. The Hall–Kier alpha value is -0.300. The van der Waals surface area contributed by atoms with Gasteiger partial charge in [-0.2, -0.15) is 0 Å². The van der Waals surface area contributed by atoms with Crippen molar-refractivity contribution in [1.29, 1.82) is 0 Å². The van der Waals surface area contributed by atoms with Gasteiger partial charge in [-0.25, -0.2) is 0 Å². The van der Waals surface area contributed by atoms with E-state index in [1.807, 2.05) is 0 Å². The maximum atomic E-state index is 9.03.